The van der Waals surface area contributed by atoms with E-state index in [1.165, 1.54) is 0 Å². The number of carbonyl (C=O) groups is 1. The Labute approximate surface area is 83.8 Å². The highest BCUT2D eigenvalue weighted by Crippen LogP contribution is 2.16. The molecule has 1 heterocycles. The van der Waals surface area contributed by atoms with E-state index in [4.69, 9.17) is 15.6 Å². The van der Waals surface area contributed by atoms with Crippen LogP contribution in [0, 0.1) is 0 Å². The van der Waals surface area contributed by atoms with Crippen molar-refractivity contribution in [2.24, 2.45) is 5.73 Å². The summed E-state index contributed by atoms with van der Waals surface area (Å²) in [4.78, 5) is 12.7. The first kappa shape index (κ1) is 11.3. The van der Waals surface area contributed by atoms with Crippen molar-refractivity contribution in [3.05, 3.63) is 0 Å². The van der Waals surface area contributed by atoms with Crippen molar-refractivity contribution in [2.75, 3.05) is 26.4 Å². The van der Waals surface area contributed by atoms with Gasteiger partial charge in [0.25, 0.3) is 0 Å². The molecular weight excluding hydrogens is 184 g/mol. The van der Waals surface area contributed by atoms with E-state index >= 15 is 0 Å². The zero-order valence-electron chi connectivity index (χ0n) is 8.32. The summed E-state index contributed by atoms with van der Waals surface area (Å²) in [5.41, 5.74) is 5.24. The van der Waals surface area contributed by atoms with E-state index in [9.17, 15) is 4.79 Å². The van der Waals surface area contributed by atoms with Crippen LogP contribution >= 0.6 is 0 Å². The number of hydrogen-bond acceptors (Lipinski definition) is 3. The SMILES string of the molecule is NC(=O)N1CCCCC1COCCO. The van der Waals surface area contributed by atoms with E-state index in [-0.39, 0.29) is 18.7 Å². The highest BCUT2D eigenvalue weighted by molar-refractivity contribution is 5.72. The Bertz CT molecular complexity index is 187. The molecule has 14 heavy (non-hydrogen) atoms. The second-order valence-corrected chi connectivity index (χ2v) is 3.48. The van der Waals surface area contributed by atoms with Crippen LogP contribution in [0.3, 0.4) is 0 Å². The molecule has 1 atom stereocenters. The highest BCUT2D eigenvalue weighted by Gasteiger charge is 2.24. The molecule has 5 nitrogen and oxygen atoms in total. The molecular formula is C9H18N2O3. The maximum absolute atomic E-state index is 11.0. The normalized spacial score (nSPS) is 22.4. The number of nitrogens with zero attached hydrogens (tertiary/aromatic N) is 1. The lowest BCUT2D eigenvalue weighted by Crippen LogP contribution is -2.48. The Kier molecular flexibility index (Phi) is 4.69. The van der Waals surface area contributed by atoms with Crippen LogP contribution in [-0.2, 0) is 4.74 Å². The van der Waals surface area contributed by atoms with E-state index in [2.05, 4.69) is 0 Å². The lowest BCUT2D eigenvalue weighted by atomic mass is 10.0. The number of piperidine rings is 1. The monoisotopic (exact) mass is 202 g/mol. The maximum Gasteiger partial charge on any atom is 0.315 e. The van der Waals surface area contributed by atoms with Gasteiger partial charge in [0.1, 0.15) is 0 Å². The number of hydrogen-bond donors (Lipinski definition) is 2. The molecule has 1 aliphatic heterocycles. The zero-order chi connectivity index (χ0) is 10.4. The quantitative estimate of drug-likeness (QED) is 0.626. The molecule has 0 saturated carbocycles. The maximum atomic E-state index is 11.0. The number of rotatable bonds is 4. The van der Waals surface area contributed by atoms with Crippen molar-refractivity contribution in [1.29, 1.82) is 0 Å². The fourth-order valence-electron chi connectivity index (χ4n) is 1.75. The fraction of sp³-hybridized carbons (Fsp3) is 0.889. The molecule has 0 bridgehead atoms. The van der Waals surface area contributed by atoms with Gasteiger partial charge >= 0.3 is 6.03 Å². The van der Waals surface area contributed by atoms with Gasteiger partial charge in [0.05, 0.1) is 25.9 Å². The average Bonchev–Trinajstić information content (AvgIpc) is 2.19. The van der Waals surface area contributed by atoms with Gasteiger partial charge in [-0.2, -0.15) is 0 Å². The lowest BCUT2D eigenvalue weighted by molar-refractivity contribution is 0.0400. The van der Waals surface area contributed by atoms with Crippen LogP contribution in [0.1, 0.15) is 19.3 Å². The standard InChI is InChI=1S/C9H18N2O3/c10-9(13)11-4-2-1-3-8(11)7-14-6-5-12/h8,12H,1-7H2,(H2,10,13). The highest BCUT2D eigenvalue weighted by atomic mass is 16.5. The average molecular weight is 202 g/mol. The molecule has 1 saturated heterocycles. The molecule has 2 amide bonds. The van der Waals surface area contributed by atoms with Crippen LogP contribution in [0.15, 0.2) is 0 Å². The smallest absolute Gasteiger partial charge is 0.315 e. The predicted octanol–water partition coefficient (Wildman–Crippen LogP) is -0.0715. The Morgan fingerprint density at radius 1 is 1.57 bits per heavy atom. The van der Waals surface area contributed by atoms with Gasteiger partial charge in [0, 0.05) is 6.54 Å². The second-order valence-electron chi connectivity index (χ2n) is 3.48. The summed E-state index contributed by atoms with van der Waals surface area (Å²) >= 11 is 0. The third-order valence-electron chi connectivity index (χ3n) is 2.46. The minimum absolute atomic E-state index is 0.0172. The summed E-state index contributed by atoms with van der Waals surface area (Å²) in [5, 5.41) is 8.54. The van der Waals surface area contributed by atoms with Crippen LogP contribution in [-0.4, -0.2) is 48.4 Å². The van der Waals surface area contributed by atoms with Gasteiger partial charge in [-0.05, 0) is 19.3 Å². The molecule has 0 radical (unpaired) electrons. The zero-order valence-corrected chi connectivity index (χ0v) is 8.32. The van der Waals surface area contributed by atoms with Crippen LogP contribution in [0.25, 0.3) is 0 Å². The van der Waals surface area contributed by atoms with Crippen molar-refractivity contribution in [3.63, 3.8) is 0 Å². The Morgan fingerprint density at radius 3 is 3.00 bits per heavy atom. The molecule has 1 fully saturated rings. The molecule has 1 aliphatic rings. The Morgan fingerprint density at radius 2 is 2.36 bits per heavy atom. The molecule has 0 aromatic carbocycles. The number of likely N-dealkylation sites (tertiary alicyclic amines) is 1. The molecule has 0 aromatic rings. The van der Waals surface area contributed by atoms with Gasteiger partial charge in [0.15, 0.2) is 0 Å². The van der Waals surface area contributed by atoms with Crippen LogP contribution in [0.5, 0.6) is 0 Å². The van der Waals surface area contributed by atoms with Crippen molar-refractivity contribution < 1.29 is 14.6 Å². The molecule has 0 aromatic heterocycles. The third kappa shape index (κ3) is 3.16. The van der Waals surface area contributed by atoms with Crippen molar-refractivity contribution >= 4 is 6.03 Å². The number of amides is 2. The lowest BCUT2D eigenvalue weighted by Gasteiger charge is -2.34. The largest absolute Gasteiger partial charge is 0.394 e. The van der Waals surface area contributed by atoms with Gasteiger partial charge in [-0.15, -0.1) is 0 Å². The summed E-state index contributed by atoms with van der Waals surface area (Å²) in [7, 11) is 0. The Hall–Kier alpha value is -0.810. The van der Waals surface area contributed by atoms with E-state index < -0.39 is 0 Å². The first-order chi connectivity index (χ1) is 6.75. The summed E-state index contributed by atoms with van der Waals surface area (Å²) in [6.07, 6.45) is 3.06. The number of ether oxygens (including phenoxy) is 1. The summed E-state index contributed by atoms with van der Waals surface area (Å²) in [5.74, 6) is 0. The van der Waals surface area contributed by atoms with Crippen molar-refractivity contribution in [2.45, 2.75) is 25.3 Å². The number of aliphatic hydroxyl groups excluding tert-OH is 1. The minimum atomic E-state index is -0.373. The predicted molar refractivity (Wildman–Crippen MR) is 51.8 cm³/mol. The van der Waals surface area contributed by atoms with Crippen molar-refractivity contribution in [3.8, 4) is 0 Å². The van der Waals surface area contributed by atoms with E-state index in [1.807, 2.05) is 0 Å². The Balaban J connectivity index is 2.34. The third-order valence-corrected chi connectivity index (χ3v) is 2.46. The number of primary amides is 1. The number of urea groups is 1. The van der Waals surface area contributed by atoms with Gasteiger partial charge in [-0.1, -0.05) is 0 Å². The van der Waals surface area contributed by atoms with E-state index in [0.717, 1.165) is 25.8 Å². The summed E-state index contributed by atoms with van der Waals surface area (Å²) in [6, 6.07) is -0.282. The molecule has 5 heteroatoms. The number of aliphatic hydroxyl groups is 1. The number of nitrogens with two attached hydrogens (primary N) is 1. The van der Waals surface area contributed by atoms with Gasteiger partial charge in [-0.25, -0.2) is 4.79 Å². The van der Waals surface area contributed by atoms with Gasteiger partial charge in [0.2, 0.25) is 0 Å². The molecule has 1 unspecified atom stereocenters. The molecule has 82 valence electrons. The molecule has 0 aliphatic carbocycles. The van der Waals surface area contributed by atoms with Crippen LogP contribution in [0.4, 0.5) is 4.79 Å². The molecule has 0 spiro atoms. The fourth-order valence-corrected chi connectivity index (χ4v) is 1.75. The first-order valence-corrected chi connectivity index (χ1v) is 5.00. The van der Waals surface area contributed by atoms with E-state index in [0.29, 0.717) is 13.2 Å². The van der Waals surface area contributed by atoms with Crippen LogP contribution < -0.4 is 5.73 Å². The van der Waals surface area contributed by atoms with Crippen LogP contribution in [0.2, 0.25) is 0 Å². The first-order valence-electron chi connectivity index (χ1n) is 5.00. The van der Waals surface area contributed by atoms with E-state index in [1.54, 1.807) is 4.90 Å². The number of carbonyl (C=O) groups excluding carboxylic acids is 1. The van der Waals surface area contributed by atoms with Gasteiger partial charge in [-0.3, -0.25) is 0 Å². The summed E-state index contributed by atoms with van der Waals surface area (Å²) in [6.45, 7) is 1.54. The van der Waals surface area contributed by atoms with Crippen molar-refractivity contribution in [1.82, 2.24) is 4.90 Å². The van der Waals surface area contributed by atoms with Gasteiger partial charge < -0.3 is 20.5 Å². The second kappa shape index (κ2) is 5.82. The molecule has 3 N–H and O–H groups in total. The molecule has 1 rings (SSSR count). The summed E-state index contributed by atoms with van der Waals surface area (Å²) < 4.78 is 5.20. The minimum Gasteiger partial charge on any atom is -0.394 e. The topological polar surface area (TPSA) is 75.8 Å².